The van der Waals surface area contributed by atoms with E-state index in [1.165, 1.54) is 0 Å². The molecule has 3 rings (SSSR count). The van der Waals surface area contributed by atoms with Gasteiger partial charge in [-0.05, 0) is 60.5 Å². The summed E-state index contributed by atoms with van der Waals surface area (Å²) in [5.74, 6) is 0.675. The summed E-state index contributed by atoms with van der Waals surface area (Å²) in [6.07, 6.45) is 7.34. The van der Waals surface area contributed by atoms with Crippen LogP contribution in [-0.2, 0) is 6.54 Å². The van der Waals surface area contributed by atoms with Crippen LogP contribution in [0.2, 0.25) is 0 Å². The fourth-order valence-corrected chi connectivity index (χ4v) is 2.59. The molecular formula is C22H23N3O2. The first kappa shape index (κ1) is 18.6. The van der Waals surface area contributed by atoms with Gasteiger partial charge in [0.05, 0.1) is 12.3 Å². The highest BCUT2D eigenvalue weighted by Crippen LogP contribution is 2.17. The Bertz CT molecular complexity index is 864. The molecule has 138 valence electrons. The van der Waals surface area contributed by atoms with E-state index in [0.717, 1.165) is 35.4 Å². The highest BCUT2D eigenvalue weighted by Gasteiger charge is 2.07. The molecule has 2 aromatic heterocycles. The number of pyridine rings is 2. The monoisotopic (exact) mass is 361 g/mol. The maximum atomic E-state index is 12.4. The maximum absolute atomic E-state index is 12.4. The molecule has 0 saturated heterocycles. The van der Waals surface area contributed by atoms with Crippen molar-refractivity contribution in [3.63, 3.8) is 0 Å². The third kappa shape index (κ3) is 5.38. The molecule has 0 fully saturated rings. The average Bonchev–Trinajstić information content (AvgIpc) is 2.73. The zero-order valence-electron chi connectivity index (χ0n) is 15.4. The minimum Gasteiger partial charge on any atom is -0.494 e. The van der Waals surface area contributed by atoms with E-state index in [0.29, 0.717) is 18.7 Å². The first-order valence-electron chi connectivity index (χ1n) is 9.12. The number of ether oxygens (including phenoxy) is 1. The molecule has 0 radical (unpaired) electrons. The lowest BCUT2D eigenvalue weighted by Crippen LogP contribution is -2.22. The van der Waals surface area contributed by atoms with Crippen LogP contribution in [0.5, 0.6) is 5.75 Å². The van der Waals surface area contributed by atoms with E-state index in [4.69, 9.17) is 4.74 Å². The van der Waals surface area contributed by atoms with E-state index in [-0.39, 0.29) is 5.91 Å². The quantitative estimate of drug-likeness (QED) is 0.609. The van der Waals surface area contributed by atoms with Crippen LogP contribution in [0.25, 0.3) is 11.3 Å². The summed E-state index contributed by atoms with van der Waals surface area (Å²) < 4.78 is 5.62. The minimum atomic E-state index is -0.114. The summed E-state index contributed by atoms with van der Waals surface area (Å²) >= 11 is 0. The van der Waals surface area contributed by atoms with Crippen molar-refractivity contribution >= 4 is 5.91 Å². The maximum Gasteiger partial charge on any atom is 0.251 e. The predicted molar refractivity (Wildman–Crippen MR) is 105 cm³/mol. The van der Waals surface area contributed by atoms with Crippen molar-refractivity contribution in [2.75, 3.05) is 6.61 Å². The third-order valence-corrected chi connectivity index (χ3v) is 4.14. The van der Waals surface area contributed by atoms with Gasteiger partial charge in [0, 0.05) is 36.3 Å². The summed E-state index contributed by atoms with van der Waals surface area (Å²) in [5, 5.41) is 2.95. The second-order valence-electron chi connectivity index (χ2n) is 6.19. The van der Waals surface area contributed by atoms with Crippen molar-refractivity contribution in [3.05, 3.63) is 78.2 Å². The Morgan fingerprint density at radius 3 is 2.56 bits per heavy atom. The summed E-state index contributed by atoms with van der Waals surface area (Å²) in [6.45, 7) is 3.26. The Morgan fingerprint density at radius 2 is 1.81 bits per heavy atom. The van der Waals surface area contributed by atoms with Gasteiger partial charge in [0.1, 0.15) is 5.75 Å². The third-order valence-electron chi connectivity index (χ3n) is 4.14. The molecule has 0 aliphatic heterocycles. The lowest BCUT2D eigenvalue weighted by Gasteiger charge is -2.08. The number of hydrogen-bond donors (Lipinski definition) is 1. The van der Waals surface area contributed by atoms with Gasteiger partial charge in [0.25, 0.3) is 5.91 Å². The van der Waals surface area contributed by atoms with E-state index in [1.807, 2.05) is 36.4 Å². The highest BCUT2D eigenvalue weighted by molar-refractivity contribution is 5.94. The van der Waals surface area contributed by atoms with Crippen LogP contribution in [-0.4, -0.2) is 22.5 Å². The van der Waals surface area contributed by atoms with Crippen molar-refractivity contribution < 1.29 is 9.53 Å². The number of hydrogen-bond acceptors (Lipinski definition) is 4. The number of benzene rings is 1. The van der Waals surface area contributed by atoms with Gasteiger partial charge >= 0.3 is 0 Å². The molecule has 1 aromatic carbocycles. The fraction of sp³-hybridized carbons (Fsp3) is 0.227. The summed E-state index contributed by atoms with van der Waals surface area (Å²) in [5.41, 5.74) is 3.46. The molecule has 1 N–H and O–H groups in total. The number of carbonyl (C=O) groups is 1. The molecule has 0 unspecified atom stereocenters. The number of aromatic nitrogens is 2. The number of rotatable bonds is 8. The number of unbranched alkanes of at least 4 members (excludes halogenated alkanes) is 1. The Morgan fingerprint density at radius 1 is 1.04 bits per heavy atom. The van der Waals surface area contributed by atoms with Gasteiger partial charge in [-0.3, -0.25) is 14.8 Å². The van der Waals surface area contributed by atoms with Crippen LogP contribution in [0.15, 0.2) is 67.1 Å². The molecule has 0 saturated carbocycles. The van der Waals surface area contributed by atoms with Gasteiger partial charge in [-0.1, -0.05) is 13.3 Å². The summed E-state index contributed by atoms with van der Waals surface area (Å²) in [4.78, 5) is 20.8. The number of carbonyl (C=O) groups excluding carboxylic acids is 1. The molecule has 2 heterocycles. The Balaban J connectivity index is 1.57. The zero-order chi connectivity index (χ0) is 18.9. The molecule has 3 aromatic rings. The van der Waals surface area contributed by atoms with Crippen molar-refractivity contribution in [1.29, 1.82) is 0 Å². The van der Waals surface area contributed by atoms with Crippen LogP contribution in [0.4, 0.5) is 0 Å². The number of amides is 1. The molecule has 0 atom stereocenters. The van der Waals surface area contributed by atoms with Crippen molar-refractivity contribution in [1.82, 2.24) is 15.3 Å². The predicted octanol–water partition coefficient (Wildman–Crippen LogP) is 4.25. The largest absolute Gasteiger partial charge is 0.494 e. The van der Waals surface area contributed by atoms with E-state index < -0.39 is 0 Å². The summed E-state index contributed by atoms with van der Waals surface area (Å²) in [7, 11) is 0. The van der Waals surface area contributed by atoms with E-state index >= 15 is 0 Å². The van der Waals surface area contributed by atoms with Crippen molar-refractivity contribution in [3.8, 4) is 17.0 Å². The summed E-state index contributed by atoms with van der Waals surface area (Å²) in [6, 6.07) is 14.9. The van der Waals surface area contributed by atoms with Gasteiger partial charge in [-0.2, -0.15) is 0 Å². The number of nitrogens with one attached hydrogen (secondary N) is 1. The molecule has 5 nitrogen and oxygen atoms in total. The molecule has 0 spiro atoms. The van der Waals surface area contributed by atoms with Crippen LogP contribution < -0.4 is 10.1 Å². The molecule has 5 heteroatoms. The smallest absolute Gasteiger partial charge is 0.251 e. The molecule has 0 aliphatic rings. The van der Waals surface area contributed by atoms with Crippen LogP contribution in [0.1, 0.15) is 35.7 Å². The van der Waals surface area contributed by atoms with Gasteiger partial charge in [-0.15, -0.1) is 0 Å². The van der Waals surface area contributed by atoms with Crippen molar-refractivity contribution in [2.24, 2.45) is 0 Å². The van der Waals surface area contributed by atoms with E-state index in [2.05, 4.69) is 22.2 Å². The first-order valence-corrected chi connectivity index (χ1v) is 9.12. The minimum absolute atomic E-state index is 0.114. The Labute approximate surface area is 159 Å². The normalized spacial score (nSPS) is 10.4. The molecule has 27 heavy (non-hydrogen) atoms. The van der Waals surface area contributed by atoms with E-state index in [9.17, 15) is 4.79 Å². The molecule has 0 aliphatic carbocycles. The van der Waals surface area contributed by atoms with Crippen LogP contribution in [0, 0.1) is 0 Å². The lowest BCUT2D eigenvalue weighted by atomic mass is 10.1. The van der Waals surface area contributed by atoms with Gasteiger partial charge < -0.3 is 10.1 Å². The Kier molecular flexibility index (Phi) is 6.52. The molecular weight excluding hydrogens is 338 g/mol. The van der Waals surface area contributed by atoms with Gasteiger partial charge in [-0.25, -0.2) is 0 Å². The average molecular weight is 361 g/mol. The van der Waals surface area contributed by atoms with Gasteiger partial charge in [0.2, 0.25) is 0 Å². The molecule has 0 bridgehead atoms. The van der Waals surface area contributed by atoms with Crippen LogP contribution in [0.3, 0.4) is 0 Å². The lowest BCUT2D eigenvalue weighted by molar-refractivity contribution is 0.0951. The van der Waals surface area contributed by atoms with Gasteiger partial charge in [0.15, 0.2) is 0 Å². The fourth-order valence-electron chi connectivity index (χ4n) is 2.59. The van der Waals surface area contributed by atoms with E-state index in [1.54, 1.807) is 30.7 Å². The topological polar surface area (TPSA) is 64.1 Å². The Hall–Kier alpha value is -3.21. The zero-order valence-corrected chi connectivity index (χ0v) is 15.4. The first-order chi connectivity index (χ1) is 13.3. The standard InChI is InChI=1S/C22H23N3O2/c1-2-3-14-27-20-6-4-19(5-7-20)22(26)25-16-17-8-13-24-21(15-17)18-9-11-23-12-10-18/h4-13,15H,2-3,14,16H2,1H3,(H,25,26). The highest BCUT2D eigenvalue weighted by atomic mass is 16.5. The SMILES string of the molecule is CCCCOc1ccc(C(=O)NCc2ccnc(-c3ccncc3)c2)cc1. The number of nitrogens with zero attached hydrogens (tertiary/aromatic N) is 2. The van der Waals surface area contributed by atoms with Crippen LogP contribution >= 0.6 is 0 Å². The second kappa shape index (κ2) is 9.48. The molecule has 1 amide bonds. The second-order valence-corrected chi connectivity index (χ2v) is 6.19. The van der Waals surface area contributed by atoms with Crippen molar-refractivity contribution in [2.45, 2.75) is 26.3 Å².